The minimum atomic E-state index is 0.919. The topological polar surface area (TPSA) is 57.4 Å². The molecule has 0 amide bonds. The number of nitrogens with zero attached hydrogens (tertiary/aromatic N) is 2. The molecular weight excluding hydrogens is 296 g/mol. The van der Waals surface area contributed by atoms with E-state index in [1.54, 1.807) is 6.33 Å². The predicted octanol–water partition coefficient (Wildman–Crippen LogP) is 4.77. The zero-order chi connectivity index (χ0) is 15.9. The summed E-state index contributed by atoms with van der Waals surface area (Å²) < 4.78 is 0. The van der Waals surface area contributed by atoms with Gasteiger partial charge >= 0.3 is 0 Å². The van der Waals surface area contributed by atoms with Crippen LogP contribution in [0.5, 0.6) is 0 Å². The lowest BCUT2D eigenvalue weighted by Gasteiger charge is -2.03. The van der Waals surface area contributed by atoms with Gasteiger partial charge in [-0.25, -0.2) is 9.97 Å². The van der Waals surface area contributed by atoms with E-state index >= 15 is 0 Å². The molecule has 4 heteroatoms. The average molecular weight is 310 g/mol. The molecule has 5 rings (SSSR count). The van der Waals surface area contributed by atoms with E-state index in [1.165, 1.54) is 10.8 Å². The maximum atomic E-state index is 4.48. The fourth-order valence-corrected chi connectivity index (χ4v) is 3.22. The van der Waals surface area contributed by atoms with Crippen LogP contribution in [0.3, 0.4) is 0 Å². The van der Waals surface area contributed by atoms with Crippen molar-refractivity contribution in [2.75, 3.05) is 0 Å². The summed E-state index contributed by atoms with van der Waals surface area (Å²) >= 11 is 0. The van der Waals surface area contributed by atoms with Gasteiger partial charge < -0.3 is 9.97 Å². The molecule has 0 radical (unpaired) electrons. The molecule has 114 valence electrons. The molecule has 0 saturated carbocycles. The normalized spacial score (nSPS) is 11.3. The van der Waals surface area contributed by atoms with Crippen LogP contribution in [0, 0.1) is 0 Å². The second-order valence-corrected chi connectivity index (χ2v) is 5.78. The number of rotatable bonds is 2. The average Bonchev–Trinajstić information content (AvgIpc) is 3.26. The molecule has 2 N–H and O–H groups in total. The highest BCUT2D eigenvalue weighted by Gasteiger charge is 2.11. The molecule has 0 spiro atoms. The van der Waals surface area contributed by atoms with Crippen molar-refractivity contribution in [2.45, 2.75) is 0 Å². The maximum absolute atomic E-state index is 4.48. The molecule has 4 nitrogen and oxygen atoms in total. The van der Waals surface area contributed by atoms with E-state index in [0.29, 0.717) is 0 Å². The number of nitrogens with one attached hydrogen (secondary N) is 2. The Morgan fingerprint density at radius 1 is 0.625 bits per heavy atom. The zero-order valence-electron chi connectivity index (χ0n) is 12.8. The number of H-pyrrole nitrogens is 2. The number of benzene rings is 2. The van der Waals surface area contributed by atoms with Gasteiger partial charge in [-0.3, -0.25) is 0 Å². The molecular formula is C20H14N4. The van der Waals surface area contributed by atoms with E-state index in [0.717, 1.165) is 33.5 Å². The van der Waals surface area contributed by atoms with E-state index in [2.05, 4.69) is 44.2 Å². The monoisotopic (exact) mass is 310 g/mol. The van der Waals surface area contributed by atoms with Gasteiger partial charge in [-0.05, 0) is 18.2 Å². The fraction of sp³-hybridized carbons (Fsp3) is 0. The molecule has 3 heterocycles. The van der Waals surface area contributed by atoms with E-state index in [9.17, 15) is 0 Å². The highest BCUT2D eigenvalue weighted by molar-refractivity contribution is 5.97. The van der Waals surface area contributed by atoms with Gasteiger partial charge in [0.1, 0.15) is 6.33 Å². The number of hydrogen-bond donors (Lipinski definition) is 2. The first kappa shape index (κ1) is 13.1. The van der Waals surface area contributed by atoms with Crippen LogP contribution in [0.25, 0.3) is 44.3 Å². The number of para-hydroxylation sites is 2. The molecule has 5 aromatic rings. The summed E-state index contributed by atoms with van der Waals surface area (Å²) in [5.74, 6) is 0. The standard InChI is InChI=1S/C20H14N4/c1-3-7-17-13(5-1)15(10-21-17)19-9-20(24-12-23-19)16-11-22-18-8-4-2-6-14(16)18/h1-12,21-22H. The summed E-state index contributed by atoms with van der Waals surface area (Å²) in [6.07, 6.45) is 5.65. The highest BCUT2D eigenvalue weighted by atomic mass is 14.8. The first-order valence-electron chi connectivity index (χ1n) is 7.85. The van der Waals surface area contributed by atoms with Gasteiger partial charge in [0.15, 0.2) is 0 Å². The summed E-state index contributed by atoms with van der Waals surface area (Å²) in [4.78, 5) is 15.6. The van der Waals surface area contributed by atoms with Crippen LogP contribution < -0.4 is 0 Å². The summed E-state index contributed by atoms with van der Waals surface area (Å²) in [5.41, 5.74) is 6.24. The molecule has 0 aliphatic carbocycles. The van der Waals surface area contributed by atoms with Gasteiger partial charge in [0.2, 0.25) is 0 Å². The maximum Gasteiger partial charge on any atom is 0.116 e. The molecule has 0 saturated heterocycles. The molecule has 24 heavy (non-hydrogen) atoms. The number of aromatic nitrogens is 4. The summed E-state index contributed by atoms with van der Waals surface area (Å²) in [6.45, 7) is 0. The van der Waals surface area contributed by atoms with E-state index in [1.807, 2.05) is 42.7 Å². The summed E-state index contributed by atoms with van der Waals surface area (Å²) in [5, 5.41) is 2.34. The molecule has 3 aromatic heterocycles. The van der Waals surface area contributed by atoms with Crippen molar-refractivity contribution in [1.29, 1.82) is 0 Å². The van der Waals surface area contributed by atoms with Crippen molar-refractivity contribution in [2.24, 2.45) is 0 Å². The number of fused-ring (bicyclic) bond motifs is 2. The van der Waals surface area contributed by atoms with Crippen LogP contribution in [-0.2, 0) is 0 Å². The van der Waals surface area contributed by atoms with Crippen molar-refractivity contribution in [3.05, 3.63) is 73.3 Å². The second kappa shape index (κ2) is 5.06. The molecule has 0 aliphatic heterocycles. The Morgan fingerprint density at radius 2 is 1.12 bits per heavy atom. The third-order valence-electron chi connectivity index (χ3n) is 4.40. The van der Waals surface area contributed by atoms with Crippen molar-refractivity contribution in [1.82, 2.24) is 19.9 Å². The first-order valence-corrected chi connectivity index (χ1v) is 7.85. The Bertz CT molecular complexity index is 1080. The Kier molecular flexibility index (Phi) is 2.76. The van der Waals surface area contributed by atoms with Crippen LogP contribution in [0.1, 0.15) is 0 Å². The van der Waals surface area contributed by atoms with Crippen LogP contribution in [0.4, 0.5) is 0 Å². The van der Waals surface area contributed by atoms with Crippen LogP contribution in [0.2, 0.25) is 0 Å². The third-order valence-corrected chi connectivity index (χ3v) is 4.40. The Labute approximate surface area is 138 Å². The quantitative estimate of drug-likeness (QED) is 0.493. The largest absolute Gasteiger partial charge is 0.360 e. The van der Waals surface area contributed by atoms with Crippen molar-refractivity contribution in [3.63, 3.8) is 0 Å². The van der Waals surface area contributed by atoms with Crippen molar-refractivity contribution < 1.29 is 0 Å². The molecule has 0 bridgehead atoms. The van der Waals surface area contributed by atoms with Gasteiger partial charge in [0.05, 0.1) is 11.4 Å². The Morgan fingerprint density at radius 3 is 1.67 bits per heavy atom. The number of hydrogen-bond acceptors (Lipinski definition) is 2. The van der Waals surface area contributed by atoms with Gasteiger partial charge in [-0.15, -0.1) is 0 Å². The zero-order valence-corrected chi connectivity index (χ0v) is 12.8. The second-order valence-electron chi connectivity index (χ2n) is 5.78. The summed E-state index contributed by atoms with van der Waals surface area (Å²) in [7, 11) is 0. The lowest BCUT2D eigenvalue weighted by Crippen LogP contribution is -1.88. The van der Waals surface area contributed by atoms with E-state index < -0.39 is 0 Å². The van der Waals surface area contributed by atoms with Gasteiger partial charge in [0.25, 0.3) is 0 Å². The van der Waals surface area contributed by atoms with E-state index in [-0.39, 0.29) is 0 Å². The lowest BCUT2D eigenvalue weighted by atomic mass is 10.1. The Balaban J connectivity index is 1.69. The van der Waals surface area contributed by atoms with Gasteiger partial charge in [-0.1, -0.05) is 36.4 Å². The van der Waals surface area contributed by atoms with Gasteiger partial charge in [-0.2, -0.15) is 0 Å². The molecule has 2 aromatic carbocycles. The minimum absolute atomic E-state index is 0.919. The van der Waals surface area contributed by atoms with Crippen molar-refractivity contribution in [3.8, 4) is 22.5 Å². The first-order chi connectivity index (χ1) is 11.9. The smallest absolute Gasteiger partial charge is 0.116 e. The fourth-order valence-electron chi connectivity index (χ4n) is 3.22. The molecule has 0 fully saturated rings. The van der Waals surface area contributed by atoms with Crippen LogP contribution in [-0.4, -0.2) is 19.9 Å². The van der Waals surface area contributed by atoms with Crippen LogP contribution in [0.15, 0.2) is 73.3 Å². The van der Waals surface area contributed by atoms with Crippen molar-refractivity contribution >= 4 is 21.8 Å². The van der Waals surface area contributed by atoms with Gasteiger partial charge in [0, 0.05) is 45.3 Å². The summed E-state index contributed by atoms with van der Waals surface area (Å²) in [6, 6.07) is 18.5. The Hall–Kier alpha value is -3.40. The molecule has 0 atom stereocenters. The minimum Gasteiger partial charge on any atom is -0.360 e. The third kappa shape index (κ3) is 1.93. The predicted molar refractivity (Wildman–Crippen MR) is 96.6 cm³/mol. The van der Waals surface area contributed by atoms with E-state index in [4.69, 9.17) is 0 Å². The highest BCUT2D eigenvalue weighted by Crippen LogP contribution is 2.31. The SMILES string of the molecule is c1ccc2c(-c3cc(-c4c[nH]c5ccccc45)ncn3)c[nH]c2c1. The number of aromatic amines is 2. The molecule has 0 aliphatic rings. The molecule has 0 unspecified atom stereocenters. The van der Waals surface area contributed by atoms with Crippen LogP contribution >= 0.6 is 0 Å². The lowest BCUT2D eigenvalue weighted by molar-refractivity contribution is 1.18.